The summed E-state index contributed by atoms with van der Waals surface area (Å²) in [4.78, 5) is 14.0. The van der Waals surface area contributed by atoms with Crippen molar-refractivity contribution < 1.29 is 9.53 Å². The van der Waals surface area contributed by atoms with Gasteiger partial charge in [-0.05, 0) is 61.4 Å². The van der Waals surface area contributed by atoms with Crippen molar-refractivity contribution in [1.82, 2.24) is 10.7 Å². The van der Waals surface area contributed by atoms with Gasteiger partial charge in [0.05, 0.1) is 17.7 Å². The monoisotopic (exact) mass is 413 g/mol. The van der Waals surface area contributed by atoms with E-state index in [4.69, 9.17) is 10.6 Å². The summed E-state index contributed by atoms with van der Waals surface area (Å²) in [5, 5.41) is 2.94. The Labute approximate surface area is 178 Å². The minimum atomic E-state index is -0.125. The Kier molecular flexibility index (Phi) is 10.7. The van der Waals surface area contributed by atoms with Crippen LogP contribution in [0.2, 0.25) is 0 Å². The molecule has 0 atom stereocenters. The standard InChI is InChI=1S/C23H31N3O2S/c1-7-22(23(27)25-15-19-9-8-10-20(14-19)28-6)29-18(5)13-17(4)11-12-21(26-24)16(2)3/h7-12,14,26H,2,5,13,15,24H2,1,3-4,6H3,(H,25,27)/b17-11+,21-12+,22-7-. The fraction of sp³-hybridized carbons (Fsp3) is 0.261. The highest BCUT2D eigenvalue weighted by Crippen LogP contribution is 2.29. The second-order valence-corrected chi connectivity index (χ2v) is 7.74. The Morgan fingerprint density at radius 3 is 2.59 bits per heavy atom. The molecule has 0 saturated heterocycles. The first-order valence-corrected chi connectivity index (χ1v) is 10.0. The first-order chi connectivity index (χ1) is 13.8. The molecule has 0 heterocycles. The molecule has 0 aliphatic rings. The molecular formula is C23H31N3O2S. The third-order valence-corrected chi connectivity index (χ3v) is 5.03. The van der Waals surface area contributed by atoms with E-state index in [1.807, 2.05) is 57.2 Å². The summed E-state index contributed by atoms with van der Waals surface area (Å²) in [5.41, 5.74) is 6.32. The molecule has 0 aromatic heterocycles. The van der Waals surface area contributed by atoms with E-state index in [-0.39, 0.29) is 5.91 Å². The number of ether oxygens (including phenoxy) is 1. The summed E-state index contributed by atoms with van der Waals surface area (Å²) >= 11 is 1.38. The van der Waals surface area contributed by atoms with E-state index in [0.717, 1.165) is 33.1 Å². The van der Waals surface area contributed by atoms with E-state index >= 15 is 0 Å². The largest absolute Gasteiger partial charge is 0.497 e. The molecule has 0 spiro atoms. The van der Waals surface area contributed by atoms with Gasteiger partial charge in [-0.3, -0.25) is 10.6 Å². The number of methoxy groups -OCH3 is 1. The number of benzene rings is 1. The summed E-state index contributed by atoms with van der Waals surface area (Å²) in [7, 11) is 1.62. The van der Waals surface area contributed by atoms with E-state index in [2.05, 4.69) is 23.9 Å². The fourth-order valence-electron chi connectivity index (χ4n) is 2.39. The van der Waals surface area contributed by atoms with Gasteiger partial charge in [0, 0.05) is 6.54 Å². The van der Waals surface area contributed by atoms with Crippen molar-refractivity contribution >= 4 is 17.7 Å². The van der Waals surface area contributed by atoms with E-state index in [1.54, 1.807) is 13.2 Å². The zero-order chi connectivity index (χ0) is 21.8. The Hall–Kier alpha value is -2.70. The van der Waals surface area contributed by atoms with E-state index in [9.17, 15) is 4.79 Å². The van der Waals surface area contributed by atoms with Crippen molar-refractivity contribution in [2.24, 2.45) is 5.84 Å². The molecule has 0 aliphatic heterocycles. The number of hydrazine groups is 1. The molecule has 29 heavy (non-hydrogen) atoms. The Morgan fingerprint density at radius 1 is 1.28 bits per heavy atom. The van der Waals surface area contributed by atoms with Gasteiger partial charge in [-0.2, -0.15) is 0 Å². The van der Waals surface area contributed by atoms with Gasteiger partial charge >= 0.3 is 0 Å². The molecule has 1 aromatic rings. The third-order valence-electron chi connectivity index (χ3n) is 3.95. The Morgan fingerprint density at radius 2 is 2.00 bits per heavy atom. The number of carbonyl (C=O) groups excluding carboxylic acids is 1. The molecule has 6 heteroatoms. The number of allylic oxidation sites excluding steroid dienone is 6. The lowest BCUT2D eigenvalue weighted by Gasteiger charge is -2.11. The molecule has 4 N–H and O–H groups in total. The van der Waals surface area contributed by atoms with Crippen molar-refractivity contribution in [3.05, 3.63) is 87.9 Å². The molecular weight excluding hydrogens is 382 g/mol. The molecule has 0 bridgehead atoms. The van der Waals surface area contributed by atoms with Gasteiger partial charge in [0.1, 0.15) is 5.75 Å². The molecule has 156 valence electrons. The van der Waals surface area contributed by atoms with Crippen LogP contribution in [0.3, 0.4) is 0 Å². The van der Waals surface area contributed by atoms with Gasteiger partial charge < -0.3 is 15.5 Å². The van der Waals surface area contributed by atoms with Crippen molar-refractivity contribution in [2.45, 2.75) is 33.7 Å². The van der Waals surface area contributed by atoms with Crippen molar-refractivity contribution in [1.29, 1.82) is 0 Å². The highest BCUT2D eigenvalue weighted by molar-refractivity contribution is 8.07. The third kappa shape index (κ3) is 8.89. The lowest BCUT2D eigenvalue weighted by molar-refractivity contribution is -0.116. The first kappa shape index (κ1) is 24.3. The van der Waals surface area contributed by atoms with E-state index < -0.39 is 0 Å². The zero-order valence-corrected chi connectivity index (χ0v) is 18.5. The van der Waals surface area contributed by atoms with Gasteiger partial charge in [-0.15, -0.1) is 0 Å². The van der Waals surface area contributed by atoms with Crippen molar-refractivity contribution in [3.63, 3.8) is 0 Å². The lowest BCUT2D eigenvalue weighted by Crippen LogP contribution is -2.23. The molecule has 1 rings (SSSR count). The van der Waals surface area contributed by atoms with Gasteiger partial charge in [0.25, 0.3) is 5.91 Å². The van der Waals surface area contributed by atoms with Crippen LogP contribution in [0.5, 0.6) is 5.75 Å². The van der Waals surface area contributed by atoms with Crippen LogP contribution in [0.25, 0.3) is 0 Å². The average Bonchev–Trinajstić information content (AvgIpc) is 2.70. The average molecular weight is 414 g/mol. The van der Waals surface area contributed by atoms with Crippen molar-refractivity contribution in [2.75, 3.05) is 7.11 Å². The number of thioether (sulfide) groups is 1. The predicted octanol–water partition coefficient (Wildman–Crippen LogP) is 4.72. The Balaban J connectivity index is 2.63. The van der Waals surface area contributed by atoms with Crippen molar-refractivity contribution in [3.8, 4) is 5.75 Å². The number of rotatable bonds is 11. The SMILES string of the molecule is C=C(C/C(C)=C/C=C(/NN)C(=C)C)S/C(=C\C)C(=O)NCc1cccc(OC)c1. The van der Waals surface area contributed by atoms with E-state index in [0.29, 0.717) is 17.9 Å². The second kappa shape index (κ2) is 12.7. The molecule has 0 fully saturated rings. The van der Waals surface area contributed by atoms with Gasteiger partial charge in [-0.1, -0.05) is 54.8 Å². The maximum atomic E-state index is 12.5. The molecule has 0 aliphatic carbocycles. The predicted molar refractivity (Wildman–Crippen MR) is 124 cm³/mol. The molecule has 1 amide bonds. The number of hydrogen-bond donors (Lipinski definition) is 3. The highest BCUT2D eigenvalue weighted by Gasteiger charge is 2.11. The number of carbonyl (C=O) groups is 1. The molecule has 1 aromatic carbocycles. The summed E-state index contributed by atoms with van der Waals surface area (Å²) in [6.07, 6.45) is 6.31. The van der Waals surface area contributed by atoms with Gasteiger partial charge in [0.2, 0.25) is 0 Å². The zero-order valence-electron chi connectivity index (χ0n) is 17.7. The Bertz CT molecular complexity index is 838. The topological polar surface area (TPSA) is 76.4 Å². The van der Waals surface area contributed by atoms with Crippen LogP contribution in [0.15, 0.2) is 82.3 Å². The van der Waals surface area contributed by atoms with Gasteiger partial charge in [0.15, 0.2) is 0 Å². The number of amides is 1. The summed E-state index contributed by atoms with van der Waals surface area (Å²) < 4.78 is 5.21. The quantitative estimate of drug-likeness (QED) is 0.212. The minimum absolute atomic E-state index is 0.125. The minimum Gasteiger partial charge on any atom is -0.497 e. The van der Waals surface area contributed by atoms with Crippen LogP contribution in [0, 0.1) is 0 Å². The first-order valence-electron chi connectivity index (χ1n) is 9.23. The maximum Gasteiger partial charge on any atom is 0.257 e. The number of hydrogen-bond acceptors (Lipinski definition) is 5. The highest BCUT2D eigenvalue weighted by atomic mass is 32.2. The number of nitrogens with two attached hydrogens (primary N) is 1. The molecule has 0 unspecified atom stereocenters. The second-order valence-electron chi connectivity index (χ2n) is 6.52. The normalized spacial score (nSPS) is 12.4. The summed E-state index contributed by atoms with van der Waals surface area (Å²) in [6.45, 7) is 14.1. The smallest absolute Gasteiger partial charge is 0.257 e. The van der Waals surface area contributed by atoms with Crippen LogP contribution < -0.4 is 21.3 Å². The van der Waals surface area contributed by atoms with Crippen LogP contribution >= 0.6 is 11.8 Å². The number of nitrogens with one attached hydrogen (secondary N) is 2. The lowest BCUT2D eigenvalue weighted by atomic mass is 10.1. The van der Waals surface area contributed by atoms with Crippen LogP contribution in [-0.4, -0.2) is 13.0 Å². The van der Waals surface area contributed by atoms with Crippen LogP contribution in [-0.2, 0) is 11.3 Å². The van der Waals surface area contributed by atoms with Gasteiger partial charge in [-0.25, -0.2) is 0 Å². The molecule has 0 radical (unpaired) electrons. The summed E-state index contributed by atoms with van der Waals surface area (Å²) in [5.74, 6) is 6.12. The van der Waals surface area contributed by atoms with Crippen LogP contribution in [0.1, 0.15) is 32.8 Å². The fourth-order valence-corrected chi connectivity index (χ4v) is 3.28. The summed E-state index contributed by atoms with van der Waals surface area (Å²) in [6, 6.07) is 7.62. The molecule has 0 saturated carbocycles. The maximum absolute atomic E-state index is 12.5. The van der Waals surface area contributed by atoms with E-state index in [1.165, 1.54) is 11.8 Å². The van der Waals surface area contributed by atoms with Crippen LogP contribution in [0.4, 0.5) is 0 Å². The molecule has 5 nitrogen and oxygen atoms in total.